The van der Waals surface area contributed by atoms with E-state index in [2.05, 4.69) is 12.1 Å². The van der Waals surface area contributed by atoms with Gasteiger partial charge in [-0.3, -0.25) is 14.9 Å². The van der Waals surface area contributed by atoms with E-state index in [1.165, 1.54) is 24.8 Å². The highest BCUT2D eigenvalue weighted by molar-refractivity contribution is 5.95. The Balaban J connectivity index is 1.82. The molecule has 1 fully saturated rings. The number of nitro groups is 1. The number of amides is 1. The van der Waals surface area contributed by atoms with Gasteiger partial charge in [-0.25, -0.2) is 0 Å². The summed E-state index contributed by atoms with van der Waals surface area (Å²) in [7, 11) is 1.38. The lowest BCUT2D eigenvalue weighted by molar-refractivity contribution is -0.385. The molecule has 1 atom stereocenters. The largest absolute Gasteiger partial charge is 0.490 e. The van der Waals surface area contributed by atoms with Crippen LogP contribution in [0.5, 0.6) is 5.75 Å². The van der Waals surface area contributed by atoms with Gasteiger partial charge in [0.05, 0.1) is 12.0 Å². The molecule has 25 heavy (non-hydrogen) atoms. The third kappa shape index (κ3) is 3.63. The Morgan fingerprint density at radius 2 is 2.04 bits per heavy atom. The summed E-state index contributed by atoms with van der Waals surface area (Å²) in [5.74, 6) is -0.00649. The highest BCUT2D eigenvalue weighted by atomic mass is 16.6. The van der Waals surface area contributed by atoms with Gasteiger partial charge in [0.2, 0.25) is 0 Å². The number of methoxy groups -OCH3 is 1. The predicted molar refractivity (Wildman–Crippen MR) is 93.9 cm³/mol. The third-order valence-electron chi connectivity index (χ3n) is 4.57. The van der Waals surface area contributed by atoms with Crippen LogP contribution in [0.4, 0.5) is 5.69 Å². The van der Waals surface area contributed by atoms with Crippen LogP contribution in [-0.2, 0) is 6.42 Å². The van der Waals surface area contributed by atoms with Crippen LogP contribution in [-0.4, -0.2) is 35.4 Å². The minimum Gasteiger partial charge on any atom is -0.490 e. The van der Waals surface area contributed by atoms with Crippen molar-refractivity contribution >= 4 is 11.6 Å². The smallest absolute Gasteiger partial charge is 0.311 e. The number of nitro benzene ring substituents is 1. The molecule has 0 N–H and O–H groups in total. The molecule has 130 valence electrons. The van der Waals surface area contributed by atoms with Crippen molar-refractivity contribution in [2.45, 2.75) is 25.3 Å². The number of nitrogens with zero attached hydrogens (tertiary/aromatic N) is 2. The minimum absolute atomic E-state index is 0.121. The van der Waals surface area contributed by atoms with Crippen molar-refractivity contribution in [2.75, 3.05) is 13.7 Å². The normalized spacial score (nSPS) is 16.7. The molecule has 2 aromatic carbocycles. The van der Waals surface area contributed by atoms with Gasteiger partial charge in [0.1, 0.15) is 0 Å². The zero-order valence-corrected chi connectivity index (χ0v) is 14.1. The summed E-state index contributed by atoms with van der Waals surface area (Å²) >= 11 is 0. The molecule has 1 heterocycles. The Bertz CT molecular complexity index is 776. The molecule has 3 rings (SSSR count). The number of likely N-dealkylation sites (tertiary alicyclic amines) is 1. The maximum absolute atomic E-state index is 12.9. The van der Waals surface area contributed by atoms with Crippen LogP contribution in [0.2, 0.25) is 0 Å². The topological polar surface area (TPSA) is 72.7 Å². The Morgan fingerprint density at radius 3 is 2.72 bits per heavy atom. The van der Waals surface area contributed by atoms with E-state index in [0.717, 1.165) is 19.3 Å². The van der Waals surface area contributed by atoms with Gasteiger partial charge in [-0.1, -0.05) is 30.3 Å². The summed E-state index contributed by atoms with van der Waals surface area (Å²) in [6, 6.07) is 14.6. The maximum Gasteiger partial charge on any atom is 0.311 e. The van der Waals surface area contributed by atoms with Gasteiger partial charge in [-0.05, 0) is 37.0 Å². The second-order valence-electron chi connectivity index (χ2n) is 6.13. The fraction of sp³-hybridized carbons (Fsp3) is 0.316. The van der Waals surface area contributed by atoms with E-state index in [1.54, 1.807) is 6.07 Å². The molecule has 0 aliphatic carbocycles. The molecule has 6 heteroatoms. The van der Waals surface area contributed by atoms with E-state index in [4.69, 9.17) is 4.74 Å². The number of ether oxygens (including phenoxy) is 1. The van der Waals surface area contributed by atoms with Crippen LogP contribution >= 0.6 is 0 Å². The summed E-state index contributed by atoms with van der Waals surface area (Å²) in [4.78, 5) is 25.4. The fourth-order valence-electron chi connectivity index (χ4n) is 3.33. The summed E-state index contributed by atoms with van der Waals surface area (Å²) < 4.78 is 5.00. The first-order chi connectivity index (χ1) is 12.1. The zero-order chi connectivity index (χ0) is 17.8. The fourth-order valence-corrected chi connectivity index (χ4v) is 3.33. The van der Waals surface area contributed by atoms with Gasteiger partial charge in [0, 0.05) is 24.2 Å². The molecule has 0 aromatic heterocycles. The highest BCUT2D eigenvalue weighted by Gasteiger charge is 2.30. The van der Waals surface area contributed by atoms with Crippen molar-refractivity contribution in [3.05, 3.63) is 69.8 Å². The van der Waals surface area contributed by atoms with Crippen molar-refractivity contribution in [3.8, 4) is 5.75 Å². The standard InChI is InChI=1S/C19H20N2O4/c1-25-18-10-9-15(13-17(18)21(23)24)19(22)20-11-5-8-16(20)12-14-6-3-2-4-7-14/h2-4,6-7,9-10,13,16H,5,8,11-12H2,1H3. The molecule has 2 aromatic rings. The molecular formula is C19H20N2O4. The van der Waals surface area contributed by atoms with Crippen molar-refractivity contribution in [1.29, 1.82) is 0 Å². The van der Waals surface area contributed by atoms with Crippen LogP contribution in [0, 0.1) is 10.1 Å². The van der Waals surface area contributed by atoms with E-state index < -0.39 is 4.92 Å². The lowest BCUT2D eigenvalue weighted by atomic mass is 10.0. The summed E-state index contributed by atoms with van der Waals surface area (Å²) in [6.45, 7) is 0.677. The highest BCUT2D eigenvalue weighted by Crippen LogP contribution is 2.30. The number of carbonyl (C=O) groups excluding carboxylic acids is 1. The first kappa shape index (κ1) is 17.0. The average molecular weight is 340 g/mol. The van der Waals surface area contributed by atoms with Crippen molar-refractivity contribution in [3.63, 3.8) is 0 Å². The number of carbonyl (C=O) groups is 1. The third-order valence-corrected chi connectivity index (χ3v) is 4.57. The van der Waals surface area contributed by atoms with Crippen molar-refractivity contribution < 1.29 is 14.5 Å². The number of hydrogen-bond acceptors (Lipinski definition) is 4. The Hall–Kier alpha value is -2.89. The van der Waals surface area contributed by atoms with E-state index in [-0.39, 0.29) is 23.4 Å². The van der Waals surface area contributed by atoms with E-state index >= 15 is 0 Å². The SMILES string of the molecule is COc1ccc(C(=O)N2CCCC2Cc2ccccc2)cc1[N+](=O)[O-]. The first-order valence-corrected chi connectivity index (χ1v) is 8.27. The average Bonchev–Trinajstić information content (AvgIpc) is 3.09. The summed E-state index contributed by atoms with van der Waals surface area (Å²) in [5.41, 5.74) is 1.33. The summed E-state index contributed by atoms with van der Waals surface area (Å²) in [5, 5.41) is 11.2. The van der Waals surface area contributed by atoms with Gasteiger partial charge < -0.3 is 9.64 Å². The van der Waals surface area contributed by atoms with Crippen LogP contribution in [0.1, 0.15) is 28.8 Å². The molecule has 6 nitrogen and oxygen atoms in total. The molecule has 1 saturated heterocycles. The van der Waals surface area contributed by atoms with Gasteiger partial charge in [-0.15, -0.1) is 0 Å². The van der Waals surface area contributed by atoms with Crippen LogP contribution in [0.25, 0.3) is 0 Å². The molecule has 1 amide bonds. The molecule has 0 spiro atoms. The molecular weight excluding hydrogens is 320 g/mol. The monoisotopic (exact) mass is 340 g/mol. The van der Waals surface area contributed by atoms with Crippen molar-refractivity contribution in [1.82, 2.24) is 4.90 Å². The number of rotatable bonds is 5. The van der Waals surface area contributed by atoms with Gasteiger partial charge in [0.25, 0.3) is 5.91 Å². The Labute approximate surface area is 146 Å². The number of benzene rings is 2. The van der Waals surface area contributed by atoms with Crippen LogP contribution in [0.15, 0.2) is 48.5 Å². The lowest BCUT2D eigenvalue weighted by Crippen LogP contribution is -2.36. The Morgan fingerprint density at radius 1 is 1.28 bits per heavy atom. The van der Waals surface area contributed by atoms with Crippen LogP contribution < -0.4 is 4.74 Å². The first-order valence-electron chi connectivity index (χ1n) is 8.27. The second-order valence-corrected chi connectivity index (χ2v) is 6.13. The quantitative estimate of drug-likeness (QED) is 0.617. The molecule has 0 radical (unpaired) electrons. The van der Waals surface area contributed by atoms with E-state index in [0.29, 0.717) is 12.1 Å². The van der Waals surface area contributed by atoms with Crippen LogP contribution in [0.3, 0.4) is 0 Å². The zero-order valence-electron chi connectivity index (χ0n) is 14.1. The molecule has 0 saturated carbocycles. The molecule has 0 bridgehead atoms. The minimum atomic E-state index is -0.527. The molecule has 1 unspecified atom stereocenters. The second kappa shape index (κ2) is 7.34. The maximum atomic E-state index is 12.9. The van der Waals surface area contributed by atoms with Gasteiger partial charge in [-0.2, -0.15) is 0 Å². The lowest BCUT2D eigenvalue weighted by Gasteiger charge is -2.25. The Kier molecular flexibility index (Phi) is 4.97. The van der Waals surface area contributed by atoms with Gasteiger partial charge in [0.15, 0.2) is 5.75 Å². The molecule has 1 aliphatic rings. The number of hydrogen-bond donors (Lipinski definition) is 0. The van der Waals surface area contributed by atoms with Crippen molar-refractivity contribution in [2.24, 2.45) is 0 Å². The molecule has 1 aliphatic heterocycles. The van der Waals surface area contributed by atoms with E-state index in [9.17, 15) is 14.9 Å². The van der Waals surface area contributed by atoms with Gasteiger partial charge >= 0.3 is 5.69 Å². The predicted octanol–water partition coefficient (Wildman–Crippen LogP) is 3.45. The van der Waals surface area contributed by atoms with E-state index in [1.807, 2.05) is 23.1 Å². The summed E-state index contributed by atoms with van der Waals surface area (Å²) in [6.07, 6.45) is 2.69.